The number of hydrogen-bond donors (Lipinski definition) is 1. The molecule has 2 aliphatic rings. The molecule has 2 amide bonds. The molecule has 2 fully saturated rings. The van der Waals surface area contributed by atoms with Gasteiger partial charge in [0.15, 0.2) is 0 Å². The summed E-state index contributed by atoms with van der Waals surface area (Å²) in [6.07, 6.45) is 6.27. The van der Waals surface area contributed by atoms with E-state index in [9.17, 15) is 18.0 Å². The highest BCUT2D eigenvalue weighted by Gasteiger charge is 2.32. The zero-order valence-electron chi connectivity index (χ0n) is 17.7. The van der Waals surface area contributed by atoms with Crippen LogP contribution >= 0.6 is 0 Å². The van der Waals surface area contributed by atoms with Gasteiger partial charge in [-0.1, -0.05) is 6.07 Å². The van der Waals surface area contributed by atoms with Crippen molar-refractivity contribution in [2.24, 2.45) is 13.0 Å². The van der Waals surface area contributed by atoms with Crippen LogP contribution in [0.1, 0.15) is 36.0 Å². The summed E-state index contributed by atoms with van der Waals surface area (Å²) in [6, 6.07) is 8.61. The summed E-state index contributed by atoms with van der Waals surface area (Å²) in [5, 5.41) is 2.91. The molecule has 0 atom stereocenters. The monoisotopic (exact) mass is 444 g/mol. The van der Waals surface area contributed by atoms with E-state index in [0.29, 0.717) is 37.2 Å². The van der Waals surface area contributed by atoms with E-state index >= 15 is 0 Å². The third kappa shape index (κ3) is 4.67. The Balaban J connectivity index is 1.35. The number of benzene rings is 1. The minimum atomic E-state index is -3.53. The number of likely N-dealkylation sites (tertiary alicyclic amines) is 1. The lowest BCUT2D eigenvalue weighted by atomic mass is 9.97. The van der Waals surface area contributed by atoms with Crippen molar-refractivity contribution in [2.75, 3.05) is 31.5 Å². The number of aryl methyl sites for hydroxylation is 1. The van der Waals surface area contributed by atoms with Crippen LogP contribution in [0.25, 0.3) is 0 Å². The van der Waals surface area contributed by atoms with Gasteiger partial charge in [0.2, 0.25) is 15.9 Å². The van der Waals surface area contributed by atoms with Gasteiger partial charge in [0, 0.05) is 62.8 Å². The predicted molar refractivity (Wildman–Crippen MR) is 117 cm³/mol. The SMILES string of the molecule is Cn1ccc(S(=O)(=O)N2CCC(C(=O)Nc3cccc(C(=O)N4CCCC4)c3)CC2)c1. The Labute approximate surface area is 182 Å². The van der Waals surface area contributed by atoms with Crippen LogP contribution in [0.4, 0.5) is 5.69 Å². The number of carbonyl (C=O) groups excluding carboxylic acids is 2. The van der Waals surface area contributed by atoms with Crippen LogP contribution in [0.15, 0.2) is 47.6 Å². The van der Waals surface area contributed by atoms with Gasteiger partial charge in [0.05, 0.1) is 4.90 Å². The molecule has 3 heterocycles. The number of rotatable bonds is 5. The number of piperidine rings is 1. The van der Waals surface area contributed by atoms with Gasteiger partial charge >= 0.3 is 0 Å². The minimum Gasteiger partial charge on any atom is -0.356 e. The molecule has 0 saturated carbocycles. The number of nitrogens with zero attached hydrogens (tertiary/aromatic N) is 3. The first-order chi connectivity index (χ1) is 14.8. The van der Waals surface area contributed by atoms with Crippen molar-refractivity contribution >= 4 is 27.5 Å². The minimum absolute atomic E-state index is 0.00646. The molecule has 0 unspecified atom stereocenters. The highest BCUT2D eigenvalue weighted by Crippen LogP contribution is 2.25. The number of carbonyl (C=O) groups is 2. The molecule has 1 N–H and O–H groups in total. The smallest absolute Gasteiger partial charge is 0.253 e. The third-order valence-corrected chi connectivity index (χ3v) is 7.92. The molecule has 31 heavy (non-hydrogen) atoms. The lowest BCUT2D eigenvalue weighted by Crippen LogP contribution is -2.41. The van der Waals surface area contributed by atoms with E-state index in [1.54, 1.807) is 54.3 Å². The van der Waals surface area contributed by atoms with Gasteiger partial charge in [-0.05, 0) is 49.9 Å². The normalized spacial score (nSPS) is 18.3. The number of anilines is 1. The second-order valence-corrected chi connectivity index (χ2v) is 10.2. The summed E-state index contributed by atoms with van der Waals surface area (Å²) in [7, 11) is -1.75. The Hall–Kier alpha value is -2.65. The first-order valence-corrected chi connectivity index (χ1v) is 12.1. The van der Waals surface area contributed by atoms with Crippen molar-refractivity contribution in [1.29, 1.82) is 0 Å². The zero-order valence-corrected chi connectivity index (χ0v) is 18.5. The van der Waals surface area contributed by atoms with Gasteiger partial charge in [0.25, 0.3) is 5.91 Å². The van der Waals surface area contributed by atoms with Crippen LogP contribution in [0.5, 0.6) is 0 Å². The molecule has 0 bridgehead atoms. The molecule has 0 aliphatic carbocycles. The van der Waals surface area contributed by atoms with Crippen molar-refractivity contribution in [3.63, 3.8) is 0 Å². The van der Waals surface area contributed by atoms with E-state index < -0.39 is 10.0 Å². The van der Waals surface area contributed by atoms with Gasteiger partial charge in [-0.3, -0.25) is 9.59 Å². The maximum absolute atomic E-state index is 12.8. The number of amides is 2. The van der Waals surface area contributed by atoms with Crippen LogP contribution in [0, 0.1) is 5.92 Å². The van der Waals surface area contributed by atoms with Gasteiger partial charge in [-0.25, -0.2) is 8.42 Å². The molecule has 4 rings (SSSR count). The zero-order chi connectivity index (χ0) is 22.0. The lowest BCUT2D eigenvalue weighted by Gasteiger charge is -2.30. The number of sulfonamides is 1. The number of aromatic nitrogens is 1. The Morgan fingerprint density at radius 3 is 2.39 bits per heavy atom. The first kappa shape index (κ1) is 21.6. The van der Waals surface area contributed by atoms with Crippen LogP contribution < -0.4 is 5.32 Å². The molecule has 8 nitrogen and oxygen atoms in total. The number of hydrogen-bond acceptors (Lipinski definition) is 4. The Morgan fingerprint density at radius 2 is 1.74 bits per heavy atom. The summed E-state index contributed by atoms with van der Waals surface area (Å²) in [5.74, 6) is -0.407. The van der Waals surface area contributed by atoms with Crippen molar-refractivity contribution in [3.8, 4) is 0 Å². The quantitative estimate of drug-likeness (QED) is 0.766. The van der Waals surface area contributed by atoms with Gasteiger partial charge in [-0.2, -0.15) is 4.31 Å². The van der Waals surface area contributed by atoms with Crippen LogP contribution in [0.3, 0.4) is 0 Å². The molecule has 0 spiro atoms. The van der Waals surface area contributed by atoms with Crippen molar-refractivity contribution in [1.82, 2.24) is 13.8 Å². The second-order valence-electron chi connectivity index (χ2n) is 8.26. The molecule has 1 aromatic carbocycles. The fraction of sp³-hybridized carbons (Fsp3) is 0.455. The summed E-state index contributed by atoms with van der Waals surface area (Å²) >= 11 is 0. The fourth-order valence-corrected chi connectivity index (χ4v) is 5.74. The molecule has 2 saturated heterocycles. The highest BCUT2D eigenvalue weighted by molar-refractivity contribution is 7.89. The third-order valence-electron chi connectivity index (χ3n) is 6.04. The van der Waals surface area contributed by atoms with E-state index in [-0.39, 0.29) is 22.6 Å². The van der Waals surface area contributed by atoms with Crippen LogP contribution in [0.2, 0.25) is 0 Å². The standard InChI is InChI=1S/C22H28N4O4S/c1-24-12-9-20(16-24)31(29,30)26-13-7-17(8-14-26)21(27)23-19-6-4-5-18(15-19)22(28)25-10-2-3-11-25/h4-6,9,12,15-17H,2-3,7-8,10-11,13-14H2,1H3,(H,23,27). The van der Waals surface area contributed by atoms with E-state index in [0.717, 1.165) is 25.9 Å². The Kier molecular flexibility index (Phi) is 6.15. The number of nitrogens with one attached hydrogen (secondary N) is 1. The second kappa shape index (κ2) is 8.84. The summed E-state index contributed by atoms with van der Waals surface area (Å²) in [5.41, 5.74) is 1.16. The van der Waals surface area contributed by atoms with Gasteiger partial charge in [-0.15, -0.1) is 0 Å². The molecule has 2 aromatic rings. The summed E-state index contributed by atoms with van der Waals surface area (Å²) < 4.78 is 28.7. The predicted octanol–water partition coefficient (Wildman–Crippen LogP) is 2.30. The van der Waals surface area contributed by atoms with Crippen LogP contribution in [-0.2, 0) is 21.9 Å². The Morgan fingerprint density at radius 1 is 1.03 bits per heavy atom. The molecule has 9 heteroatoms. The highest BCUT2D eigenvalue weighted by atomic mass is 32.2. The van der Waals surface area contributed by atoms with E-state index in [4.69, 9.17) is 0 Å². The molecular weight excluding hydrogens is 416 g/mol. The van der Waals surface area contributed by atoms with Crippen molar-refractivity contribution < 1.29 is 18.0 Å². The molecule has 2 aliphatic heterocycles. The largest absolute Gasteiger partial charge is 0.356 e. The fourth-order valence-electron chi connectivity index (χ4n) is 4.21. The average Bonchev–Trinajstić information content (AvgIpc) is 3.46. The summed E-state index contributed by atoms with van der Waals surface area (Å²) in [6.45, 7) is 2.17. The summed E-state index contributed by atoms with van der Waals surface area (Å²) in [4.78, 5) is 27.5. The Bertz CT molecular complexity index is 1060. The van der Waals surface area contributed by atoms with E-state index in [2.05, 4.69) is 5.32 Å². The first-order valence-electron chi connectivity index (χ1n) is 10.7. The maximum atomic E-state index is 12.8. The van der Waals surface area contributed by atoms with Gasteiger partial charge in [0.1, 0.15) is 0 Å². The molecule has 1 aromatic heterocycles. The molecule has 0 radical (unpaired) electrons. The van der Waals surface area contributed by atoms with Crippen molar-refractivity contribution in [2.45, 2.75) is 30.6 Å². The van der Waals surface area contributed by atoms with Gasteiger partial charge < -0.3 is 14.8 Å². The molecular formula is C22H28N4O4S. The topological polar surface area (TPSA) is 91.7 Å². The van der Waals surface area contributed by atoms with Crippen LogP contribution in [-0.4, -0.2) is 60.2 Å². The maximum Gasteiger partial charge on any atom is 0.253 e. The molecule has 166 valence electrons. The van der Waals surface area contributed by atoms with Crippen molar-refractivity contribution in [3.05, 3.63) is 48.3 Å². The van der Waals surface area contributed by atoms with E-state index in [1.165, 1.54) is 4.31 Å². The van der Waals surface area contributed by atoms with E-state index in [1.807, 2.05) is 4.90 Å². The lowest BCUT2D eigenvalue weighted by molar-refractivity contribution is -0.120. The average molecular weight is 445 g/mol.